The molecular weight excluding hydrogens is 462 g/mol. The Morgan fingerprint density at radius 2 is 1.86 bits per heavy atom. The van der Waals surface area contributed by atoms with E-state index in [1.807, 2.05) is 37.3 Å². The van der Waals surface area contributed by atoms with Crippen molar-refractivity contribution < 1.29 is 23.5 Å². The highest BCUT2D eigenvalue weighted by Gasteiger charge is 2.20. The number of ether oxygens (including phenoxy) is 3. The van der Waals surface area contributed by atoms with Crippen molar-refractivity contribution in [1.82, 2.24) is 24.9 Å². The Balaban J connectivity index is 1.40. The summed E-state index contributed by atoms with van der Waals surface area (Å²) in [6.45, 7) is 2.38. The van der Waals surface area contributed by atoms with Crippen LogP contribution in [0.1, 0.15) is 23.2 Å². The predicted octanol–water partition coefficient (Wildman–Crippen LogP) is 4.54. The molecule has 0 saturated carbocycles. The summed E-state index contributed by atoms with van der Waals surface area (Å²) >= 11 is 0. The van der Waals surface area contributed by atoms with E-state index < -0.39 is 5.97 Å². The van der Waals surface area contributed by atoms with Gasteiger partial charge in [-0.05, 0) is 25.1 Å². The van der Waals surface area contributed by atoms with Crippen LogP contribution in [-0.4, -0.2) is 45.1 Å². The van der Waals surface area contributed by atoms with Gasteiger partial charge in [0.1, 0.15) is 11.5 Å². The van der Waals surface area contributed by atoms with E-state index in [-0.39, 0.29) is 12.5 Å². The van der Waals surface area contributed by atoms with Gasteiger partial charge in [0.25, 0.3) is 5.89 Å². The van der Waals surface area contributed by atoms with E-state index in [1.54, 1.807) is 49.4 Å². The number of methoxy groups -OCH3 is 2. The number of pyridine rings is 1. The maximum atomic E-state index is 13.2. The molecule has 5 rings (SSSR count). The van der Waals surface area contributed by atoms with Crippen molar-refractivity contribution >= 4 is 17.0 Å². The molecule has 5 aromatic rings. The summed E-state index contributed by atoms with van der Waals surface area (Å²) in [6, 6.07) is 16.6. The van der Waals surface area contributed by atoms with E-state index in [0.29, 0.717) is 51.7 Å². The molecule has 10 heteroatoms. The van der Waals surface area contributed by atoms with E-state index in [9.17, 15) is 4.79 Å². The van der Waals surface area contributed by atoms with E-state index >= 15 is 0 Å². The summed E-state index contributed by atoms with van der Waals surface area (Å²) < 4.78 is 23.2. The first-order valence-electron chi connectivity index (χ1n) is 11.2. The van der Waals surface area contributed by atoms with Gasteiger partial charge in [-0.2, -0.15) is 10.1 Å². The summed E-state index contributed by atoms with van der Waals surface area (Å²) in [6.07, 6.45) is 1.62. The zero-order valence-corrected chi connectivity index (χ0v) is 20.0. The molecule has 0 spiro atoms. The van der Waals surface area contributed by atoms with Crippen LogP contribution in [0.15, 0.2) is 65.3 Å². The Kier molecular flexibility index (Phi) is 6.31. The topological polar surface area (TPSA) is 114 Å². The second kappa shape index (κ2) is 9.87. The average molecular weight is 486 g/mol. The number of carbonyl (C=O) groups is 1. The predicted molar refractivity (Wildman–Crippen MR) is 131 cm³/mol. The lowest BCUT2D eigenvalue weighted by atomic mass is 10.1. The Bertz CT molecular complexity index is 1530. The van der Waals surface area contributed by atoms with Crippen LogP contribution in [-0.2, 0) is 17.9 Å². The lowest BCUT2D eigenvalue weighted by molar-refractivity contribution is 0.0432. The summed E-state index contributed by atoms with van der Waals surface area (Å²) in [7, 11) is 3.11. The molecule has 3 heterocycles. The quantitative estimate of drug-likeness (QED) is 0.292. The van der Waals surface area contributed by atoms with Gasteiger partial charge in [0, 0.05) is 18.2 Å². The van der Waals surface area contributed by atoms with Crippen molar-refractivity contribution in [1.29, 1.82) is 0 Å². The van der Waals surface area contributed by atoms with Gasteiger partial charge in [-0.3, -0.25) is 0 Å². The van der Waals surface area contributed by atoms with Gasteiger partial charge in [0.2, 0.25) is 5.82 Å². The van der Waals surface area contributed by atoms with Crippen LogP contribution in [0.25, 0.3) is 33.7 Å². The number of benzene rings is 2. The SMILES string of the molecule is CCn1ncc2c(C(=O)OCc3nc(-c4ccc(OC)cc4OC)no3)cc(-c3ccccc3)nc21. The molecule has 0 bridgehead atoms. The third-order valence-electron chi connectivity index (χ3n) is 5.64. The Hall–Kier alpha value is -4.73. The van der Waals surface area contributed by atoms with Crippen LogP contribution in [0.2, 0.25) is 0 Å². The summed E-state index contributed by atoms with van der Waals surface area (Å²) in [5.41, 5.74) is 3.12. The number of esters is 1. The molecule has 0 N–H and O–H groups in total. The van der Waals surface area contributed by atoms with Gasteiger partial charge in [0.15, 0.2) is 12.3 Å². The fourth-order valence-electron chi connectivity index (χ4n) is 3.82. The molecular formula is C26H23N5O5. The number of rotatable bonds is 8. The van der Waals surface area contributed by atoms with E-state index in [2.05, 4.69) is 15.2 Å². The molecule has 0 amide bonds. The van der Waals surface area contributed by atoms with Crippen LogP contribution in [0.3, 0.4) is 0 Å². The smallest absolute Gasteiger partial charge is 0.339 e. The molecule has 2 aromatic carbocycles. The fourth-order valence-corrected chi connectivity index (χ4v) is 3.82. The molecule has 0 radical (unpaired) electrons. The van der Waals surface area contributed by atoms with Gasteiger partial charge < -0.3 is 18.7 Å². The van der Waals surface area contributed by atoms with Crippen LogP contribution in [0.5, 0.6) is 11.5 Å². The van der Waals surface area contributed by atoms with Gasteiger partial charge >= 0.3 is 5.97 Å². The van der Waals surface area contributed by atoms with Crippen molar-refractivity contribution in [3.63, 3.8) is 0 Å². The first-order chi connectivity index (χ1) is 17.6. The first-order valence-corrected chi connectivity index (χ1v) is 11.2. The number of nitrogens with zero attached hydrogens (tertiary/aromatic N) is 5. The normalized spacial score (nSPS) is 11.0. The monoisotopic (exact) mass is 485 g/mol. The Morgan fingerprint density at radius 1 is 1.03 bits per heavy atom. The molecule has 36 heavy (non-hydrogen) atoms. The van der Waals surface area contributed by atoms with E-state index in [1.165, 1.54) is 0 Å². The summed E-state index contributed by atoms with van der Waals surface area (Å²) in [5.74, 6) is 1.07. The third-order valence-corrected chi connectivity index (χ3v) is 5.64. The van der Waals surface area contributed by atoms with Gasteiger partial charge in [-0.1, -0.05) is 35.5 Å². The fraction of sp³-hybridized carbons (Fsp3) is 0.192. The van der Waals surface area contributed by atoms with Crippen molar-refractivity contribution in [3.8, 4) is 34.1 Å². The first kappa shape index (κ1) is 23.0. The highest BCUT2D eigenvalue weighted by Crippen LogP contribution is 2.32. The van der Waals surface area contributed by atoms with Crippen LogP contribution in [0, 0.1) is 0 Å². The molecule has 3 aromatic heterocycles. The van der Waals surface area contributed by atoms with Gasteiger partial charge in [-0.15, -0.1) is 0 Å². The molecule has 0 aliphatic carbocycles. The summed E-state index contributed by atoms with van der Waals surface area (Å²) in [4.78, 5) is 22.2. The molecule has 0 atom stereocenters. The summed E-state index contributed by atoms with van der Waals surface area (Å²) in [5, 5.41) is 8.97. The second-order valence-electron chi connectivity index (χ2n) is 7.77. The lowest BCUT2D eigenvalue weighted by Gasteiger charge is -2.08. The molecule has 0 unspecified atom stereocenters. The zero-order valence-electron chi connectivity index (χ0n) is 20.0. The third kappa shape index (κ3) is 4.36. The standard InChI is InChI=1S/C26H23N5O5/c1-4-31-25-20(14-27-31)19(13-21(28-25)16-8-6-5-7-9-16)26(32)35-15-23-29-24(30-36-23)18-11-10-17(33-2)12-22(18)34-3/h5-14H,4,15H2,1-3H3. The lowest BCUT2D eigenvalue weighted by Crippen LogP contribution is -2.08. The van der Waals surface area contributed by atoms with Crippen LogP contribution in [0.4, 0.5) is 0 Å². The van der Waals surface area contributed by atoms with Crippen LogP contribution < -0.4 is 9.47 Å². The molecule has 0 aliphatic rings. The highest BCUT2D eigenvalue weighted by atomic mass is 16.6. The minimum absolute atomic E-state index is 0.147. The Labute approximate surface area is 206 Å². The number of hydrogen-bond acceptors (Lipinski definition) is 9. The van der Waals surface area contributed by atoms with Crippen molar-refractivity contribution in [2.24, 2.45) is 0 Å². The molecule has 0 saturated heterocycles. The Morgan fingerprint density at radius 3 is 2.61 bits per heavy atom. The maximum Gasteiger partial charge on any atom is 0.339 e. The highest BCUT2D eigenvalue weighted by molar-refractivity contribution is 6.03. The number of fused-ring (bicyclic) bond motifs is 1. The minimum atomic E-state index is -0.544. The number of aryl methyl sites for hydroxylation is 1. The molecule has 0 aliphatic heterocycles. The average Bonchev–Trinajstić information content (AvgIpc) is 3.58. The van der Waals surface area contributed by atoms with E-state index in [4.69, 9.17) is 23.7 Å². The number of hydrogen-bond donors (Lipinski definition) is 0. The van der Waals surface area contributed by atoms with Crippen molar-refractivity contribution in [2.75, 3.05) is 14.2 Å². The maximum absolute atomic E-state index is 13.2. The largest absolute Gasteiger partial charge is 0.497 e. The van der Waals surface area contributed by atoms with Gasteiger partial charge in [0.05, 0.1) is 42.6 Å². The molecule has 182 valence electrons. The number of aromatic nitrogens is 5. The van der Waals surface area contributed by atoms with Crippen molar-refractivity contribution in [2.45, 2.75) is 20.1 Å². The second-order valence-corrected chi connectivity index (χ2v) is 7.77. The van der Waals surface area contributed by atoms with E-state index in [0.717, 1.165) is 5.56 Å². The van der Waals surface area contributed by atoms with Gasteiger partial charge in [-0.25, -0.2) is 14.5 Å². The minimum Gasteiger partial charge on any atom is -0.497 e. The van der Waals surface area contributed by atoms with Crippen LogP contribution >= 0.6 is 0 Å². The molecule has 0 fully saturated rings. The zero-order chi connectivity index (χ0) is 25.1. The van der Waals surface area contributed by atoms with Crippen molar-refractivity contribution in [3.05, 3.63) is 72.2 Å². The molecule has 10 nitrogen and oxygen atoms in total. The number of carbonyl (C=O) groups excluding carboxylic acids is 1.